The summed E-state index contributed by atoms with van der Waals surface area (Å²) in [6.07, 6.45) is 4.51. The lowest BCUT2D eigenvalue weighted by Crippen LogP contribution is -2.39. The van der Waals surface area contributed by atoms with Gasteiger partial charge in [0.05, 0.1) is 12.0 Å². The molecule has 1 heterocycles. The van der Waals surface area contributed by atoms with Crippen molar-refractivity contribution in [3.8, 4) is 0 Å². The molecule has 0 radical (unpaired) electrons. The molecule has 1 saturated carbocycles. The van der Waals surface area contributed by atoms with Crippen molar-refractivity contribution >= 4 is 17.7 Å². The van der Waals surface area contributed by atoms with Crippen LogP contribution in [0.2, 0.25) is 0 Å². The van der Waals surface area contributed by atoms with E-state index in [-0.39, 0.29) is 11.8 Å². The number of pyridine rings is 1. The molecule has 0 spiro atoms. The number of carbonyl (C=O) groups is 2. The minimum atomic E-state index is -0.794. The third-order valence-electron chi connectivity index (χ3n) is 3.64. The minimum absolute atomic E-state index is 0.138. The summed E-state index contributed by atoms with van der Waals surface area (Å²) in [5.74, 6) is -0.916. The normalized spacial score (nSPS) is 16.4. The van der Waals surface area contributed by atoms with Gasteiger partial charge in [0.15, 0.2) is 0 Å². The zero-order chi connectivity index (χ0) is 13.9. The lowest BCUT2D eigenvalue weighted by molar-refractivity contribution is -0.141. The average Bonchev–Trinajstić information content (AvgIpc) is 2.32. The third-order valence-corrected chi connectivity index (χ3v) is 3.64. The van der Waals surface area contributed by atoms with Crippen LogP contribution in [0.5, 0.6) is 0 Å². The second kappa shape index (κ2) is 5.26. The summed E-state index contributed by atoms with van der Waals surface area (Å²) in [5.41, 5.74) is 5.37. The van der Waals surface area contributed by atoms with E-state index in [0.717, 1.165) is 19.3 Å². The van der Waals surface area contributed by atoms with Crippen molar-refractivity contribution in [1.29, 1.82) is 0 Å². The monoisotopic (exact) mass is 263 g/mol. The van der Waals surface area contributed by atoms with E-state index >= 15 is 0 Å². The Bertz CT molecular complexity index is 498. The number of amides is 1. The number of rotatable bonds is 6. The molecule has 1 aromatic heterocycles. The molecule has 19 heavy (non-hydrogen) atoms. The molecule has 6 heteroatoms. The lowest BCUT2D eigenvalue weighted by atomic mass is 9.66. The molecule has 0 unspecified atom stereocenters. The fraction of sp³-hybridized carbons (Fsp3) is 0.462. The highest BCUT2D eigenvalue weighted by molar-refractivity contribution is 5.97. The third kappa shape index (κ3) is 3.01. The standard InChI is InChI=1S/C13H17N3O3/c14-11(19)9-3-1-6-15-12(9)16-8-13(4-2-5-13)7-10(17)18/h1,3,6H,2,4-5,7-8H2,(H2,14,19)(H,15,16)(H,17,18). The van der Waals surface area contributed by atoms with Gasteiger partial charge in [-0.1, -0.05) is 6.42 Å². The molecular formula is C13H17N3O3. The summed E-state index contributed by atoms with van der Waals surface area (Å²) in [6, 6.07) is 3.24. The van der Waals surface area contributed by atoms with E-state index < -0.39 is 11.9 Å². The molecule has 0 bridgehead atoms. The fourth-order valence-electron chi connectivity index (χ4n) is 2.43. The second-order valence-corrected chi connectivity index (χ2v) is 5.04. The predicted octanol–water partition coefficient (Wildman–Crippen LogP) is 1.24. The summed E-state index contributed by atoms with van der Waals surface area (Å²) >= 11 is 0. The molecule has 1 fully saturated rings. The van der Waals surface area contributed by atoms with E-state index in [2.05, 4.69) is 10.3 Å². The summed E-state index contributed by atoms with van der Waals surface area (Å²) in [5, 5.41) is 12.0. The first kappa shape index (κ1) is 13.3. The molecule has 1 aliphatic carbocycles. The van der Waals surface area contributed by atoms with Crippen molar-refractivity contribution in [2.24, 2.45) is 11.1 Å². The Morgan fingerprint density at radius 1 is 1.47 bits per heavy atom. The quantitative estimate of drug-likeness (QED) is 0.716. The van der Waals surface area contributed by atoms with Gasteiger partial charge in [-0.3, -0.25) is 9.59 Å². The number of carboxylic acid groups (broad SMARTS) is 1. The molecule has 1 aliphatic rings. The van der Waals surface area contributed by atoms with Gasteiger partial charge in [-0.15, -0.1) is 0 Å². The molecular weight excluding hydrogens is 246 g/mol. The highest BCUT2D eigenvalue weighted by Gasteiger charge is 2.39. The Morgan fingerprint density at radius 2 is 2.21 bits per heavy atom. The molecule has 6 nitrogen and oxygen atoms in total. The van der Waals surface area contributed by atoms with E-state index in [0.29, 0.717) is 17.9 Å². The van der Waals surface area contributed by atoms with Crippen LogP contribution >= 0.6 is 0 Å². The van der Waals surface area contributed by atoms with E-state index in [1.165, 1.54) is 0 Å². The molecule has 0 atom stereocenters. The molecule has 0 aromatic carbocycles. The highest BCUT2D eigenvalue weighted by atomic mass is 16.4. The first-order chi connectivity index (χ1) is 9.02. The van der Waals surface area contributed by atoms with Crippen molar-refractivity contribution in [2.75, 3.05) is 11.9 Å². The van der Waals surface area contributed by atoms with E-state index in [4.69, 9.17) is 10.8 Å². The first-order valence-electron chi connectivity index (χ1n) is 6.23. The number of nitrogens with one attached hydrogen (secondary N) is 1. The lowest BCUT2D eigenvalue weighted by Gasteiger charge is -2.41. The number of carboxylic acids is 1. The highest BCUT2D eigenvalue weighted by Crippen LogP contribution is 2.44. The maximum absolute atomic E-state index is 11.3. The van der Waals surface area contributed by atoms with E-state index in [1.54, 1.807) is 18.3 Å². The van der Waals surface area contributed by atoms with Gasteiger partial charge < -0.3 is 16.2 Å². The minimum Gasteiger partial charge on any atom is -0.481 e. The maximum Gasteiger partial charge on any atom is 0.303 e. The Labute approximate surface area is 111 Å². The molecule has 0 aliphatic heterocycles. The number of anilines is 1. The van der Waals surface area contributed by atoms with Crippen LogP contribution in [0.3, 0.4) is 0 Å². The number of nitrogens with two attached hydrogens (primary N) is 1. The molecule has 2 rings (SSSR count). The predicted molar refractivity (Wildman–Crippen MR) is 69.8 cm³/mol. The number of primary amides is 1. The number of hydrogen-bond donors (Lipinski definition) is 3. The van der Waals surface area contributed by atoms with E-state index in [1.807, 2.05) is 0 Å². The molecule has 102 valence electrons. The van der Waals surface area contributed by atoms with Gasteiger partial charge in [0.25, 0.3) is 5.91 Å². The van der Waals surface area contributed by atoms with Crippen LogP contribution in [0.1, 0.15) is 36.0 Å². The van der Waals surface area contributed by atoms with Crippen molar-refractivity contribution < 1.29 is 14.7 Å². The van der Waals surface area contributed by atoms with Crippen molar-refractivity contribution in [3.63, 3.8) is 0 Å². The van der Waals surface area contributed by atoms with Crippen molar-refractivity contribution in [3.05, 3.63) is 23.9 Å². The van der Waals surface area contributed by atoms with Crippen LogP contribution < -0.4 is 11.1 Å². The summed E-state index contributed by atoms with van der Waals surface area (Å²) in [7, 11) is 0. The summed E-state index contributed by atoms with van der Waals surface area (Å²) in [6.45, 7) is 0.497. The summed E-state index contributed by atoms with van der Waals surface area (Å²) < 4.78 is 0. The Morgan fingerprint density at radius 3 is 2.74 bits per heavy atom. The smallest absolute Gasteiger partial charge is 0.303 e. The van der Waals surface area contributed by atoms with Gasteiger partial charge in [-0.2, -0.15) is 0 Å². The van der Waals surface area contributed by atoms with Gasteiger partial charge in [0.2, 0.25) is 0 Å². The maximum atomic E-state index is 11.3. The van der Waals surface area contributed by atoms with Gasteiger partial charge in [0, 0.05) is 12.7 Å². The van der Waals surface area contributed by atoms with Crippen LogP contribution in [0, 0.1) is 5.41 Å². The SMILES string of the molecule is NC(=O)c1cccnc1NCC1(CC(=O)O)CCC1. The van der Waals surface area contributed by atoms with Crippen LogP contribution in [0.4, 0.5) is 5.82 Å². The van der Waals surface area contributed by atoms with Crippen molar-refractivity contribution in [2.45, 2.75) is 25.7 Å². The zero-order valence-electron chi connectivity index (χ0n) is 10.6. The van der Waals surface area contributed by atoms with Gasteiger partial charge in [-0.05, 0) is 30.4 Å². The van der Waals surface area contributed by atoms with Gasteiger partial charge >= 0.3 is 5.97 Å². The van der Waals surface area contributed by atoms with Crippen molar-refractivity contribution in [1.82, 2.24) is 4.98 Å². The van der Waals surface area contributed by atoms with Gasteiger partial charge in [0.1, 0.15) is 5.82 Å². The number of hydrogen-bond acceptors (Lipinski definition) is 4. The summed E-state index contributed by atoms with van der Waals surface area (Å²) in [4.78, 5) is 26.2. The number of aromatic nitrogens is 1. The Kier molecular flexibility index (Phi) is 3.69. The topological polar surface area (TPSA) is 105 Å². The van der Waals surface area contributed by atoms with Gasteiger partial charge in [-0.25, -0.2) is 4.98 Å². The largest absolute Gasteiger partial charge is 0.481 e. The average molecular weight is 263 g/mol. The molecule has 1 aromatic rings. The first-order valence-corrected chi connectivity index (χ1v) is 6.23. The number of nitrogens with zero attached hydrogens (tertiary/aromatic N) is 1. The Balaban J connectivity index is 2.06. The fourth-order valence-corrected chi connectivity index (χ4v) is 2.43. The number of carbonyl (C=O) groups excluding carboxylic acids is 1. The molecule has 1 amide bonds. The van der Waals surface area contributed by atoms with Crippen LogP contribution in [0.25, 0.3) is 0 Å². The Hall–Kier alpha value is -2.11. The second-order valence-electron chi connectivity index (χ2n) is 5.04. The van der Waals surface area contributed by atoms with Crippen LogP contribution in [0.15, 0.2) is 18.3 Å². The van der Waals surface area contributed by atoms with Crippen LogP contribution in [-0.4, -0.2) is 28.5 Å². The number of aliphatic carboxylic acids is 1. The molecule has 0 saturated heterocycles. The van der Waals surface area contributed by atoms with E-state index in [9.17, 15) is 9.59 Å². The zero-order valence-corrected chi connectivity index (χ0v) is 10.6. The van der Waals surface area contributed by atoms with Crippen LogP contribution in [-0.2, 0) is 4.79 Å². The molecule has 4 N–H and O–H groups in total.